The first-order chi connectivity index (χ1) is 14.2. The summed E-state index contributed by atoms with van der Waals surface area (Å²) >= 11 is 0. The second-order valence-electron chi connectivity index (χ2n) is 6.70. The van der Waals surface area contributed by atoms with Gasteiger partial charge in [0.25, 0.3) is 0 Å². The second kappa shape index (κ2) is 9.95. The number of carbonyl (C=O) groups excluding carboxylic acids is 1. The van der Waals surface area contributed by atoms with Gasteiger partial charge in [-0.1, -0.05) is 60.7 Å². The molecular formula is C24H23N3O2. The van der Waals surface area contributed by atoms with Crippen molar-refractivity contribution in [2.24, 2.45) is 0 Å². The summed E-state index contributed by atoms with van der Waals surface area (Å²) in [4.78, 5) is 14.2. The van der Waals surface area contributed by atoms with Gasteiger partial charge in [-0.2, -0.15) is 5.26 Å². The maximum absolute atomic E-state index is 12.6. The van der Waals surface area contributed by atoms with E-state index in [-0.39, 0.29) is 6.03 Å². The number of nitrogens with one attached hydrogen (secondary N) is 1. The van der Waals surface area contributed by atoms with Crippen LogP contribution in [0.5, 0.6) is 5.75 Å². The van der Waals surface area contributed by atoms with E-state index in [0.717, 1.165) is 22.4 Å². The van der Waals surface area contributed by atoms with Gasteiger partial charge in [0.2, 0.25) is 0 Å². The summed E-state index contributed by atoms with van der Waals surface area (Å²) in [6.45, 7) is 0.858. The number of nitriles is 1. The van der Waals surface area contributed by atoms with Crippen molar-refractivity contribution in [3.05, 3.63) is 95.6 Å². The van der Waals surface area contributed by atoms with E-state index in [9.17, 15) is 4.79 Å². The smallest absolute Gasteiger partial charge is 0.321 e. The molecule has 0 saturated heterocycles. The van der Waals surface area contributed by atoms with Crippen LogP contribution in [0.2, 0.25) is 0 Å². The Labute approximate surface area is 171 Å². The molecule has 0 heterocycles. The van der Waals surface area contributed by atoms with Crippen molar-refractivity contribution < 1.29 is 9.53 Å². The number of anilines is 1. The summed E-state index contributed by atoms with van der Waals surface area (Å²) in [6, 6.07) is 26.9. The van der Waals surface area contributed by atoms with Crippen molar-refractivity contribution in [3.63, 3.8) is 0 Å². The Morgan fingerprint density at radius 3 is 2.38 bits per heavy atom. The number of urea groups is 1. The molecule has 3 rings (SSSR count). The van der Waals surface area contributed by atoms with Crippen molar-refractivity contribution >= 4 is 11.7 Å². The molecule has 0 aliphatic carbocycles. The van der Waals surface area contributed by atoms with Crippen molar-refractivity contribution in [1.29, 1.82) is 5.26 Å². The summed E-state index contributed by atoms with van der Waals surface area (Å²) in [7, 11) is 1.77. The number of rotatable bonds is 7. The zero-order valence-electron chi connectivity index (χ0n) is 16.3. The van der Waals surface area contributed by atoms with Gasteiger partial charge < -0.3 is 15.0 Å². The molecule has 29 heavy (non-hydrogen) atoms. The van der Waals surface area contributed by atoms with Gasteiger partial charge in [0.05, 0.1) is 12.5 Å². The lowest BCUT2D eigenvalue weighted by Crippen LogP contribution is -2.31. The maximum Gasteiger partial charge on any atom is 0.321 e. The highest BCUT2D eigenvalue weighted by molar-refractivity contribution is 5.89. The molecule has 3 aromatic rings. The predicted molar refractivity (Wildman–Crippen MR) is 113 cm³/mol. The van der Waals surface area contributed by atoms with Crippen LogP contribution in [0.1, 0.15) is 16.7 Å². The molecule has 0 bridgehead atoms. The molecule has 0 fully saturated rings. The normalized spacial score (nSPS) is 10.1. The fourth-order valence-electron chi connectivity index (χ4n) is 2.86. The third kappa shape index (κ3) is 5.85. The number of hydrogen-bond donors (Lipinski definition) is 1. The summed E-state index contributed by atoms with van der Waals surface area (Å²) in [5.74, 6) is 0.717. The van der Waals surface area contributed by atoms with Crippen LogP contribution in [0.25, 0.3) is 0 Å². The van der Waals surface area contributed by atoms with E-state index >= 15 is 0 Å². The lowest BCUT2D eigenvalue weighted by Gasteiger charge is -2.19. The topological polar surface area (TPSA) is 65.4 Å². The Kier molecular flexibility index (Phi) is 6.85. The van der Waals surface area contributed by atoms with E-state index in [4.69, 9.17) is 10.00 Å². The van der Waals surface area contributed by atoms with E-state index < -0.39 is 0 Å². The van der Waals surface area contributed by atoms with Crippen LogP contribution in [0, 0.1) is 11.3 Å². The summed E-state index contributed by atoms with van der Waals surface area (Å²) in [5, 5.41) is 11.7. The van der Waals surface area contributed by atoms with Crippen molar-refractivity contribution in [2.75, 3.05) is 12.4 Å². The second-order valence-corrected chi connectivity index (χ2v) is 6.70. The minimum Gasteiger partial charge on any atom is -0.489 e. The number of nitrogens with zero attached hydrogens (tertiary/aromatic N) is 2. The molecule has 0 aliphatic rings. The number of para-hydroxylation sites is 1. The van der Waals surface area contributed by atoms with Crippen LogP contribution in [-0.4, -0.2) is 18.0 Å². The Bertz CT molecular complexity index is 979. The maximum atomic E-state index is 12.6. The van der Waals surface area contributed by atoms with Gasteiger partial charge >= 0.3 is 6.03 Å². The average Bonchev–Trinajstić information content (AvgIpc) is 2.75. The summed E-state index contributed by atoms with van der Waals surface area (Å²) < 4.78 is 5.86. The minimum atomic E-state index is -0.179. The predicted octanol–water partition coefficient (Wildman–Crippen LogP) is 5.00. The lowest BCUT2D eigenvalue weighted by atomic mass is 10.1. The largest absolute Gasteiger partial charge is 0.489 e. The van der Waals surface area contributed by atoms with Crippen molar-refractivity contribution in [2.45, 2.75) is 19.6 Å². The van der Waals surface area contributed by atoms with Crippen LogP contribution in [0.15, 0.2) is 78.9 Å². The molecule has 0 aliphatic heterocycles. The monoisotopic (exact) mass is 385 g/mol. The molecule has 2 amide bonds. The highest BCUT2D eigenvalue weighted by atomic mass is 16.5. The van der Waals surface area contributed by atoms with E-state index in [1.54, 1.807) is 11.9 Å². The average molecular weight is 385 g/mol. The van der Waals surface area contributed by atoms with Crippen LogP contribution in [0.4, 0.5) is 10.5 Å². The zero-order valence-corrected chi connectivity index (χ0v) is 16.3. The van der Waals surface area contributed by atoms with Crippen molar-refractivity contribution in [1.82, 2.24) is 4.90 Å². The van der Waals surface area contributed by atoms with Crippen molar-refractivity contribution in [3.8, 4) is 11.8 Å². The van der Waals surface area contributed by atoms with Crippen LogP contribution >= 0.6 is 0 Å². The van der Waals surface area contributed by atoms with Gasteiger partial charge in [0.15, 0.2) is 0 Å². The highest BCUT2D eigenvalue weighted by Gasteiger charge is 2.12. The van der Waals surface area contributed by atoms with Gasteiger partial charge in [-0.15, -0.1) is 0 Å². The number of benzene rings is 3. The van der Waals surface area contributed by atoms with E-state index in [2.05, 4.69) is 11.4 Å². The molecule has 5 heteroatoms. The molecule has 0 spiro atoms. The fraction of sp³-hybridized carbons (Fsp3) is 0.167. The summed E-state index contributed by atoms with van der Waals surface area (Å²) in [6.07, 6.45) is 0.381. The highest BCUT2D eigenvalue weighted by Crippen LogP contribution is 2.20. The number of amides is 2. The standard InChI is InChI=1S/C24H23N3O2/c1-27(17-20-7-3-2-4-8-20)24(28)26-23-10-6-5-9-21(23)18-29-22-13-11-19(12-14-22)15-16-25/h2-14H,15,17-18H2,1H3,(H,26,28). The molecule has 1 N–H and O–H groups in total. The Morgan fingerprint density at radius 1 is 0.966 bits per heavy atom. The first-order valence-electron chi connectivity index (χ1n) is 9.38. The molecule has 0 radical (unpaired) electrons. The van der Waals surface area contributed by atoms with Crippen LogP contribution < -0.4 is 10.1 Å². The molecule has 0 atom stereocenters. The third-order valence-corrected chi connectivity index (χ3v) is 4.47. The van der Waals surface area contributed by atoms with E-state index in [0.29, 0.717) is 25.3 Å². The van der Waals surface area contributed by atoms with Gasteiger partial charge in [0.1, 0.15) is 12.4 Å². The minimum absolute atomic E-state index is 0.179. The zero-order chi connectivity index (χ0) is 20.5. The first kappa shape index (κ1) is 20.0. The Morgan fingerprint density at radius 2 is 1.66 bits per heavy atom. The third-order valence-electron chi connectivity index (χ3n) is 4.47. The quantitative estimate of drug-likeness (QED) is 0.623. The van der Waals surface area contributed by atoms with Gasteiger partial charge in [0, 0.05) is 24.8 Å². The SMILES string of the molecule is CN(Cc1ccccc1)C(=O)Nc1ccccc1COc1ccc(CC#N)cc1. The van der Waals surface area contributed by atoms with Crippen LogP contribution in [-0.2, 0) is 19.6 Å². The first-order valence-corrected chi connectivity index (χ1v) is 9.38. The molecule has 0 aromatic heterocycles. The molecule has 5 nitrogen and oxygen atoms in total. The van der Waals surface area contributed by atoms with Gasteiger partial charge in [-0.25, -0.2) is 4.79 Å². The molecule has 0 unspecified atom stereocenters. The van der Waals surface area contributed by atoms with Gasteiger partial charge in [-0.05, 0) is 29.3 Å². The molecular weight excluding hydrogens is 362 g/mol. The number of carbonyl (C=O) groups is 1. The number of ether oxygens (including phenoxy) is 1. The van der Waals surface area contributed by atoms with E-state index in [1.165, 1.54) is 0 Å². The van der Waals surface area contributed by atoms with Gasteiger partial charge in [-0.3, -0.25) is 0 Å². The van der Waals surface area contributed by atoms with E-state index in [1.807, 2.05) is 78.9 Å². The Hall–Kier alpha value is -3.78. The van der Waals surface area contributed by atoms with Crippen LogP contribution in [0.3, 0.4) is 0 Å². The lowest BCUT2D eigenvalue weighted by molar-refractivity contribution is 0.220. The Balaban J connectivity index is 1.61. The molecule has 146 valence electrons. The number of hydrogen-bond acceptors (Lipinski definition) is 3. The molecule has 0 saturated carbocycles. The fourth-order valence-corrected chi connectivity index (χ4v) is 2.86. The summed E-state index contributed by atoms with van der Waals surface area (Å²) in [5.41, 5.74) is 3.63. The molecule has 3 aromatic carbocycles.